The first-order valence-electron chi connectivity index (χ1n) is 12.3. The lowest BCUT2D eigenvalue weighted by atomic mass is 10.1. The van der Waals surface area contributed by atoms with Gasteiger partial charge in [0.1, 0.15) is 11.6 Å². The van der Waals surface area contributed by atoms with Gasteiger partial charge in [0.2, 0.25) is 11.8 Å². The molecule has 36 heavy (non-hydrogen) atoms. The summed E-state index contributed by atoms with van der Waals surface area (Å²) in [5, 5.41) is 3.00. The number of halogens is 1. The van der Waals surface area contributed by atoms with Crippen molar-refractivity contribution in [2.75, 3.05) is 44.7 Å². The maximum absolute atomic E-state index is 13.8. The predicted molar refractivity (Wildman–Crippen MR) is 136 cm³/mol. The van der Waals surface area contributed by atoms with Gasteiger partial charge in [-0.15, -0.1) is 0 Å². The highest BCUT2D eigenvalue weighted by atomic mass is 19.1. The van der Waals surface area contributed by atoms with E-state index in [0.29, 0.717) is 49.2 Å². The molecule has 0 spiro atoms. The predicted octanol–water partition coefficient (Wildman–Crippen LogP) is 3.74. The van der Waals surface area contributed by atoms with Crippen molar-refractivity contribution in [3.63, 3.8) is 0 Å². The molecule has 0 radical (unpaired) electrons. The number of hydrogen-bond acceptors (Lipinski definition) is 6. The highest BCUT2D eigenvalue weighted by molar-refractivity contribution is 5.74. The Morgan fingerprint density at radius 3 is 2.58 bits per heavy atom. The number of fused-ring (bicyclic) bond motifs is 1. The van der Waals surface area contributed by atoms with Crippen molar-refractivity contribution in [2.24, 2.45) is 0 Å². The summed E-state index contributed by atoms with van der Waals surface area (Å²) in [4.78, 5) is 28.8. The normalized spacial score (nSPS) is 16.0. The first-order valence-corrected chi connectivity index (χ1v) is 12.3. The first-order chi connectivity index (χ1) is 17.5. The van der Waals surface area contributed by atoms with E-state index in [0.717, 1.165) is 43.0 Å². The topological polar surface area (TPSA) is 73.8 Å². The number of benzene rings is 2. The van der Waals surface area contributed by atoms with Gasteiger partial charge in [-0.25, -0.2) is 14.2 Å². The molecule has 188 valence electrons. The molecule has 0 saturated carbocycles. The summed E-state index contributed by atoms with van der Waals surface area (Å²) >= 11 is 0. The van der Waals surface area contributed by atoms with E-state index in [2.05, 4.69) is 22.2 Å². The van der Waals surface area contributed by atoms with Crippen LogP contribution < -0.4 is 15.0 Å². The number of anilines is 1. The molecule has 0 bridgehead atoms. The highest BCUT2D eigenvalue weighted by Crippen LogP contribution is 2.32. The number of nitrogens with one attached hydrogen (secondary N) is 1. The number of carbonyl (C=O) groups is 1. The van der Waals surface area contributed by atoms with Crippen LogP contribution in [0.1, 0.15) is 22.4 Å². The molecule has 3 heterocycles. The quantitative estimate of drug-likeness (QED) is 0.588. The highest BCUT2D eigenvalue weighted by Gasteiger charge is 2.28. The van der Waals surface area contributed by atoms with Crippen LogP contribution in [0.25, 0.3) is 0 Å². The van der Waals surface area contributed by atoms with E-state index in [4.69, 9.17) is 14.7 Å². The van der Waals surface area contributed by atoms with Gasteiger partial charge < -0.3 is 24.8 Å². The lowest BCUT2D eigenvalue weighted by Gasteiger charge is -2.34. The molecule has 1 N–H and O–H groups in total. The Morgan fingerprint density at radius 1 is 1.06 bits per heavy atom. The van der Waals surface area contributed by atoms with Gasteiger partial charge in [0.05, 0.1) is 17.8 Å². The van der Waals surface area contributed by atoms with E-state index in [1.807, 2.05) is 30.3 Å². The summed E-state index contributed by atoms with van der Waals surface area (Å²) in [5.41, 5.74) is 3.21. The zero-order valence-corrected chi connectivity index (χ0v) is 20.7. The molecule has 3 aromatic rings. The number of ether oxygens (including phenoxy) is 1. The summed E-state index contributed by atoms with van der Waals surface area (Å²) in [6.45, 7) is 6.59. The molecule has 8 nitrogen and oxygen atoms in total. The minimum atomic E-state index is -0.286. The molecule has 0 aliphatic carbocycles. The summed E-state index contributed by atoms with van der Waals surface area (Å²) in [7, 11) is 2.11. The zero-order valence-electron chi connectivity index (χ0n) is 20.7. The SMILES string of the molecule is Cc1cc(Oc2nc(N3CCN(C)CC3)nc3c2CN(C(=O)NCc2ccccc2)CC3)ccc1F. The van der Waals surface area contributed by atoms with Crippen LogP contribution in [0.2, 0.25) is 0 Å². The van der Waals surface area contributed by atoms with E-state index in [9.17, 15) is 9.18 Å². The maximum atomic E-state index is 13.8. The van der Waals surface area contributed by atoms with Crippen molar-refractivity contribution in [3.8, 4) is 11.6 Å². The fraction of sp³-hybridized carbons (Fsp3) is 0.370. The Balaban J connectivity index is 1.39. The van der Waals surface area contributed by atoms with E-state index in [1.54, 1.807) is 24.0 Å². The van der Waals surface area contributed by atoms with E-state index in [1.165, 1.54) is 6.07 Å². The first kappa shape index (κ1) is 24.0. The van der Waals surface area contributed by atoms with Crippen LogP contribution in [0.3, 0.4) is 0 Å². The lowest BCUT2D eigenvalue weighted by molar-refractivity contribution is 0.190. The summed E-state index contributed by atoms with van der Waals surface area (Å²) in [5.74, 6) is 1.27. The number of likely N-dealkylation sites (N-methyl/N-ethyl adjacent to an activating group) is 1. The Kier molecular flexibility index (Phi) is 6.99. The second-order valence-corrected chi connectivity index (χ2v) is 9.37. The van der Waals surface area contributed by atoms with Crippen LogP contribution in [0, 0.1) is 12.7 Å². The third kappa shape index (κ3) is 5.41. The Hall–Kier alpha value is -3.72. The molecule has 1 saturated heterocycles. The average molecular weight is 491 g/mol. The summed E-state index contributed by atoms with van der Waals surface area (Å²) in [6.07, 6.45) is 0.607. The Morgan fingerprint density at radius 2 is 1.83 bits per heavy atom. The molecule has 1 fully saturated rings. The number of amides is 2. The van der Waals surface area contributed by atoms with E-state index >= 15 is 0 Å². The second-order valence-electron chi connectivity index (χ2n) is 9.37. The van der Waals surface area contributed by atoms with Crippen LogP contribution in [-0.2, 0) is 19.5 Å². The molecule has 0 atom stereocenters. The monoisotopic (exact) mass is 490 g/mol. The van der Waals surface area contributed by atoms with Gasteiger partial charge in [-0.3, -0.25) is 0 Å². The van der Waals surface area contributed by atoms with Crippen LogP contribution in [0.15, 0.2) is 48.5 Å². The number of rotatable bonds is 5. The minimum absolute atomic E-state index is 0.142. The Bertz CT molecular complexity index is 1230. The average Bonchev–Trinajstić information content (AvgIpc) is 2.90. The fourth-order valence-electron chi connectivity index (χ4n) is 4.45. The molecule has 2 aliphatic heterocycles. The van der Waals surface area contributed by atoms with Gasteiger partial charge in [-0.1, -0.05) is 30.3 Å². The van der Waals surface area contributed by atoms with Crippen molar-refractivity contribution in [3.05, 3.63) is 76.7 Å². The van der Waals surface area contributed by atoms with Gasteiger partial charge in [-0.05, 0) is 43.3 Å². The molecular weight excluding hydrogens is 459 g/mol. The largest absolute Gasteiger partial charge is 0.438 e. The van der Waals surface area contributed by atoms with Gasteiger partial charge >= 0.3 is 6.03 Å². The van der Waals surface area contributed by atoms with Crippen LogP contribution >= 0.6 is 0 Å². The molecule has 2 amide bonds. The lowest BCUT2D eigenvalue weighted by Crippen LogP contribution is -2.46. The number of carbonyl (C=O) groups excluding carboxylic acids is 1. The van der Waals surface area contributed by atoms with Crippen LogP contribution in [0.4, 0.5) is 15.1 Å². The number of aromatic nitrogens is 2. The van der Waals surface area contributed by atoms with Crippen molar-refractivity contribution in [2.45, 2.75) is 26.4 Å². The molecule has 2 aromatic carbocycles. The minimum Gasteiger partial charge on any atom is -0.438 e. The van der Waals surface area contributed by atoms with Crippen molar-refractivity contribution < 1.29 is 13.9 Å². The van der Waals surface area contributed by atoms with Crippen molar-refractivity contribution in [1.82, 2.24) is 25.1 Å². The van der Waals surface area contributed by atoms with Gasteiger partial charge in [0, 0.05) is 45.7 Å². The third-order valence-electron chi connectivity index (χ3n) is 6.71. The molecule has 9 heteroatoms. The second kappa shape index (κ2) is 10.5. The smallest absolute Gasteiger partial charge is 0.317 e. The fourth-order valence-corrected chi connectivity index (χ4v) is 4.45. The maximum Gasteiger partial charge on any atom is 0.317 e. The number of hydrogen-bond donors (Lipinski definition) is 1. The summed E-state index contributed by atoms with van der Waals surface area (Å²) < 4.78 is 20.1. The number of aryl methyl sites for hydroxylation is 1. The molecule has 5 rings (SSSR count). The molecule has 0 unspecified atom stereocenters. The standard InChI is InChI=1S/C27H31FN6O2/c1-19-16-21(8-9-23(19)28)36-25-22-18-34(27(35)29-17-20-6-4-3-5-7-20)11-10-24(22)30-26(31-25)33-14-12-32(2)13-15-33/h3-9,16H,10-15,17-18H2,1-2H3,(H,29,35). The van der Waals surface area contributed by atoms with Gasteiger partial charge in [0.25, 0.3) is 0 Å². The number of nitrogens with zero attached hydrogens (tertiary/aromatic N) is 5. The zero-order chi connectivity index (χ0) is 25.1. The number of urea groups is 1. The molecule has 2 aliphatic rings. The third-order valence-corrected chi connectivity index (χ3v) is 6.71. The molecule has 1 aromatic heterocycles. The van der Waals surface area contributed by atoms with E-state index in [-0.39, 0.29) is 11.8 Å². The summed E-state index contributed by atoms with van der Waals surface area (Å²) in [6, 6.07) is 14.3. The van der Waals surface area contributed by atoms with E-state index < -0.39 is 0 Å². The number of piperazine rings is 1. The Labute approximate surface area is 210 Å². The van der Waals surface area contributed by atoms with Gasteiger partial charge in [0.15, 0.2) is 0 Å². The van der Waals surface area contributed by atoms with Crippen LogP contribution in [-0.4, -0.2) is 65.6 Å². The molecular formula is C27H31FN6O2. The van der Waals surface area contributed by atoms with Crippen molar-refractivity contribution >= 4 is 12.0 Å². The van der Waals surface area contributed by atoms with Crippen molar-refractivity contribution in [1.29, 1.82) is 0 Å². The van der Waals surface area contributed by atoms with Gasteiger partial charge in [-0.2, -0.15) is 4.98 Å². The van der Waals surface area contributed by atoms with Crippen LogP contribution in [0.5, 0.6) is 11.6 Å².